The van der Waals surface area contributed by atoms with Crippen molar-refractivity contribution in [1.29, 1.82) is 0 Å². The fraction of sp³-hybridized carbons (Fsp3) is 0.143. The monoisotopic (exact) mass is 358 g/mol. The molecule has 0 atom stereocenters. The minimum atomic E-state index is -1.91. The molecule has 0 aromatic heterocycles. The Morgan fingerprint density at radius 3 is 1.00 bits per heavy atom. The molecule has 0 N–H and O–H groups in total. The molecule has 0 fully saturated rings. The molecule has 0 amide bonds. The van der Waals surface area contributed by atoms with E-state index in [2.05, 4.69) is 0 Å². The van der Waals surface area contributed by atoms with Crippen LogP contribution in [0.3, 0.4) is 0 Å². The van der Waals surface area contributed by atoms with E-state index < -0.39 is 7.92 Å². The zero-order valence-corrected chi connectivity index (χ0v) is 15.0. The van der Waals surface area contributed by atoms with Gasteiger partial charge in [-0.05, 0) is 60.2 Å². The third kappa shape index (κ3) is 3.94. The van der Waals surface area contributed by atoms with Gasteiger partial charge in [-0.3, -0.25) is 0 Å². The molecule has 0 aliphatic heterocycles. The van der Waals surface area contributed by atoms with Gasteiger partial charge < -0.3 is 14.2 Å². The summed E-state index contributed by atoms with van der Waals surface area (Å²) in [5.74, 6) is 1.02. The lowest BCUT2D eigenvalue weighted by molar-refractivity contribution is 0.415. The van der Waals surface area contributed by atoms with Gasteiger partial charge in [0.1, 0.15) is 17.2 Å². The summed E-state index contributed by atoms with van der Waals surface area (Å²) in [5, 5.41) is 0.736. The number of ether oxygens (including phenoxy) is 3. The Hall–Kier alpha value is -2.51. The lowest BCUT2D eigenvalue weighted by Gasteiger charge is -2.20. The topological polar surface area (TPSA) is 27.7 Å². The zero-order chi connectivity index (χ0) is 22.9. The van der Waals surface area contributed by atoms with Gasteiger partial charge in [-0.25, -0.2) is 0 Å². The van der Waals surface area contributed by atoms with Crippen molar-refractivity contribution in [2.75, 3.05) is 21.3 Å². The molecule has 0 unspecified atom stereocenters. The molecule has 3 aromatic rings. The average molecular weight is 358 g/mol. The highest BCUT2D eigenvalue weighted by Gasteiger charge is 2.17. The van der Waals surface area contributed by atoms with Crippen molar-refractivity contribution in [2.24, 2.45) is 0 Å². The highest BCUT2D eigenvalue weighted by Crippen LogP contribution is 2.34. The highest BCUT2D eigenvalue weighted by molar-refractivity contribution is 7.79. The molecule has 0 saturated carbocycles. The van der Waals surface area contributed by atoms with E-state index in [0.717, 1.165) is 0 Å². The van der Waals surface area contributed by atoms with Crippen LogP contribution in [-0.2, 0) is 0 Å². The summed E-state index contributed by atoms with van der Waals surface area (Å²) in [6.07, 6.45) is 0. The van der Waals surface area contributed by atoms with Crippen LogP contribution in [0.15, 0.2) is 72.7 Å². The van der Waals surface area contributed by atoms with Crippen LogP contribution in [0, 0.1) is 0 Å². The quantitative estimate of drug-likeness (QED) is 0.632. The van der Waals surface area contributed by atoms with Gasteiger partial charge in [-0.1, -0.05) is 36.3 Å². The van der Waals surface area contributed by atoms with Crippen molar-refractivity contribution in [3.8, 4) is 17.2 Å². The van der Waals surface area contributed by atoms with E-state index in [4.69, 9.17) is 22.4 Å². The Labute approximate surface area is 158 Å². The molecule has 3 rings (SSSR count). The van der Waals surface area contributed by atoms with E-state index >= 15 is 0 Å². The van der Waals surface area contributed by atoms with Gasteiger partial charge >= 0.3 is 0 Å². The molecule has 0 bridgehead atoms. The summed E-state index contributed by atoms with van der Waals surface area (Å²) in [6, 6.07) is 8.64. The van der Waals surface area contributed by atoms with E-state index in [1.54, 1.807) is 0 Å². The van der Waals surface area contributed by atoms with Crippen molar-refractivity contribution >= 4 is 23.8 Å². The molecular formula is C21H21O3P. The Kier molecular flexibility index (Phi) is 3.59. The molecular weight excluding hydrogens is 331 g/mol. The minimum Gasteiger partial charge on any atom is -0.497 e. The lowest BCUT2D eigenvalue weighted by Crippen LogP contribution is -2.20. The van der Waals surface area contributed by atoms with Crippen molar-refractivity contribution in [3.05, 3.63) is 72.7 Å². The molecule has 25 heavy (non-hydrogen) atoms. The number of hydrogen-bond acceptors (Lipinski definition) is 3. The van der Waals surface area contributed by atoms with Crippen LogP contribution in [0.1, 0.15) is 8.22 Å². The van der Waals surface area contributed by atoms with E-state index in [1.165, 1.54) is 57.7 Å². The summed E-state index contributed by atoms with van der Waals surface area (Å²) >= 11 is 0. The second kappa shape index (κ2) is 8.04. The van der Waals surface area contributed by atoms with Gasteiger partial charge in [0, 0.05) is 0 Å². The van der Waals surface area contributed by atoms with Crippen molar-refractivity contribution in [3.63, 3.8) is 0 Å². The first kappa shape index (κ1) is 11.2. The number of benzene rings is 3. The van der Waals surface area contributed by atoms with Crippen LogP contribution in [0.5, 0.6) is 17.2 Å². The van der Waals surface area contributed by atoms with Crippen LogP contribution in [0.25, 0.3) is 0 Å². The van der Waals surface area contributed by atoms with E-state index in [1.807, 2.05) is 0 Å². The van der Waals surface area contributed by atoms with Crippen LogP contribution in [0.2, 0.25) is 0 Å². The first-order valence-corrected chi connectivity index (χ1v) is 8.81. The fourth-order valence-electron chi connectivity index (χ4n) is 2.16. The average Bonchev–Trinajstić information content (AvgIpc) is 2.71. The molecule has 0 spiro atoms. The second-order valence-corrected chi connectivity index (χ2v) is 6.95. The molecule has 0 aliphatic carbocycles. The molecule has 0 saturated heterocycles. The second-order valence-electron chi connectivity index (χ2n) is 4.93. The van der Waals surface area contributed by atoms with Gasteiger partial charge in [0.05, 0.1) is 29.6 Å². The maximum atomic E-state index is 8.55. The number of hydrogen-bond donors (Lipinski definition) is 0. The standard InChI is InChI=1S/C21H21O3P/c1-22-16-4-10-19(11-5-16)25(20-12-6-17(23-2)7-13-20)21-14-8-18(24-3)9-15-21/h4-15H,1-3H3/i10D,11D,12D,13D,14D,15D. The highest BCUT2D eigenvalue weighted by atomic mass is 31.1. The van der Waals surface area contributed by atoms with Gasteiger partial charge in [0.25, 0.3) is 0 Å². The predicted octanol–water partition coefficient (Wildman–Crippen LogP) is 3.47. The smallest absolute Gasteiger partial charge is 0.118 e. The molecule has 4 heteroatoms. The van der Waals surface area contributed by atoms with E-state index in [9.17, 15) is 0 Å². The van der Waals surface area contributed by atoms with Gasteiger partial charge in [0.2, 0.25) is 0 Å². The van der Waals surface area contributed by atoms with Crippen LogP contribution in [0.4, 0.5) is 0 Å². The van der Waals surface area contributed by atoms with Crippen LogP contribution >= 0.6 is 7.92 Å². The van der Waals surface area contributed by atoms with Gasteiger partial charge in [0.15, 0.2) is 0 Å². The molecule has 128 valence electrons. The maximum absolute atomic E-state index is 8.55. The fourth-order valence-corrected chi connectivity index (χ4v) is 4.00. The Morgan fingerprint density at radius 2 is 0.800 bits per heavy atom. The summed E-state index contributed by atoms with van der Waals surface area (Å²) in [6.45, 7) is 0. The molecule has 3 nitrogen and oxygen atoms in total. The molecule has 0 radical (unpaired) electrons. The SMILES string of the molecule is [2H]c1cc(OC)cc([2H])c1P(c1c([2H])cc(OC)cc1[2H])c1c([2H])cc(OC)cc1[2H]. The minimum absolute atomic E-state index is 0.0142. The van der Waals surface area contributed by atoms with E-state index in [0.29, 0.717) is 17.2 Å². The largest absolute Gasteiger partial charge is 0.497 e. The van der Waals surface area contributed by atoms with Crippen LogP contribution in [-0.4, -0.2) is 21.3 Å². The van der Waals surface area contributed by atoms with Crippen LogP contribution < -0.4 is 30.1 Å². The number of rotatable bonds is 6. The van der Waals surface area contributed by atoms with Crippen molar-refractivity contribution in [1.82, 2.24) is 0 Å². The Bertz CT molecular complexity index is 928. The third-order valence-corrected chi connectivity index (χ3v) is 5.60. The maximum Gasteiger partial charge on any atom is 0.118 e. The molecule has 0 aliphatic rings. The summed E-state index contributed by atoms with van der Waals surface area (Å²) in [5.41, 5.74) is 0. The molecule has 3 aromatic carbocycles. The zero-order valence-electron chi connectivity index (χ0n) is 20.1. The number of methoxy groups -OCH3 is 3. The van der Waals surface area contributed by atoms with Crippen molar-refractivity contribution < 1.29 is 22.4 Å². The predicted molar refractivity (Wildman–Crippen MR) is 105 cm³/mol. The first-order valence-electron chi connectivity index (χ1n) is 10.5. The first-order chi connectivity index (χ1) is 14.7. The lowest BCUT2D eigenvalue weighted by atomic mass is 10.3. The summed E-state index contributed by atoms with van der Waals surface area (Å²) in [4.78, 5) is 0. The van der Waals surface area contributed by atoms with Gasteiger partial charge in [-0.15, -0.1) is 0 Å². The van der Waals surface area contributed by atoms with Crippen molar-refractivity contribution in [2.45, 2.75) is 0 Å². The third-order valence-electron chi connectivity index (χ3n) is 3.48. The normalized spacial score (nSPS) is 13.9. The molecule has 0 heterocycles. The Balaban J connectivity index is 2.41. The Morgan fingerprint density at radius 1 is 0.560 bits per heavy atom. The summed E-state index contributed by atoms with van der Waals surface area (Å²) < 4.78 is 66.8. The van der Waals surface area contributed by atoms with E-state index in [-0.39, 0.29) is 52.2 Å². The van der Waals surface area contributed by atoms with Gasteiger partial charge in [-0.2, -0.15) is 0 Å². The summed E-state index contributed by atoms with van der Waals surface area (Å²) in [7, 11) is 2.41.